The van der Waals surface area contributed by atoms with E-state index in [-0.39, 0.29) is 33.8 Å². The monoisotopic (exact) mass is 410 g/mol. The molecule has 0 bridgehead atoms. The smallest absolute Gasteiger partial charge is 0.339 e. The first-order valence-corrected chi connectivity index (χ1v) is 9.52. The molecule has 3 rings (SSSR count). The number of ether oxygens (including phenoxy) is 1. The Morgan fingerprint density at radius 3 is 2.59 bits per heavy atom. The van der Waals surface area contributed by atoms with Gasteiger partial charge >= 0.3 is 5.97 Å². The predicted octanol–water partition coefficient (Wildman–Crippen LogP) is 1.71. The van der Waals surface area contributed by atoms with Crippen LogP contribution in [0.2, 0.25) is 0 Å². The first-order valence-electron chi connectivity index (χ1n) is 7.10. The van der Waals surface area contributed by atoms with Crippen molar-refractivity contribution in [3.63, 3.8) is 0 Å². The predicted molar refractivity (Wildman–Crippen MR) is 91.2 cm³/mol. The van der Waals surface area contributed by atoms with E-state index in [1.807, 2.05) is 0 Å². The highest BCUT2D eigenvalue weighted by atomic mass is 32.2. The van der Waals surface area contributed by atoms with Gasteiger partial charge in [0, 0.05) is 23.1 Å². The highest BCUT2D eigenvalue weighted by Gasteiger charge is 2.18. The fourth-order valence-corrected chi connectivity index (χ4v) is 3.51. The Morgan fingerprint density at radius 2 is 2.00 bits per heavy atom. The molecule has 0 spiro atoms. The van der Waals surface area contributed by atoms with Gasteiger partial charge in [-0.15, -0.1) is 21.5 Å². The quantitative estimate of drug-likeness (QED) is 0.361. The van der Waals surface area contributed by atoms with Gasteiger partial charge in [-0.1, -0.05) is 0 Å². The number of hydrogen-bond acceptors (Lipinski definition) is 10. The molecule has 13 heteroatoms. The molecule has 0 amide bonds. The normalized spacial score (nSPS) is 11.3. The van der Waals surface area contributed by atoms with Crippen LogP contribution in [0.5, 0.6) is 0 Å². The number of aromatic nitrogens is 2. The van der Waals surface area contributed by atoms with Crippen LogP contribution in [-0.2, 0) is 21.4 Å². The maximum Gasteiger partial charge on any atom is 0.339 e. The summed E-state index contributed by atoms with van der Waals surface area (Å²) in [5.41, 5.74) is 0.405. The lowest BCUT2D eigenvalue weighted by atomic mass is 10.2. The van der Waals surface area contributed by atoms with Gasteiger partial charge in [-0.05, 0) is 18.2 Å². The maximum absolute atomic E-state index is 11.9. The number of benzene rings is 1. The third-order valence-corrected chi connectivity index (χ3v) is 5.60. The summed E-state index contributed by atoms with van der Waals surface area (Å²) in [6, 6.07) is 6.58. The minimum atomic E-state index is -3.89. The topological polar surface area (TPSA) is 169 Å². The Bertz CT molecular complexity index is 1100. The molecule has 11 nitrogen and oxygen atoms in total. The zero-order valence-electron chi connectivity index (χ0n) is 13.3. The van der Waals surface area contributed by atoms with Crippen LogP contribution in [0, 0.1) is 10.1 Å². The van der Waals surface area contributed by atoms with Crippen molar-refractivity contribution in [3.8, 4) is 11.5 Å². The summed E-state index contributed by atoms with van der Waals surface area (Å²) in [4.78, 5) is 22.0. The molecule has 0 aliphatic carbocycles. The van der Waals surface area contributed by atoms with Crippen LogP contribution in [-0.4, -0.2) is 29.5 Å². The second-order valence-electron chi connectivity index (χ2n) is 5.08. The lowest BCUT2D eigenvalue weighted by Gasteiger charge is -1.99. The Labute approximate surface area is 155 Å². The molecule has 0 radical (unpaired) electrons. The molecule has 3 aromatic rings. The van der Waals surface area contributed by atoms with E-state index >= 15 is 0 Å². The maximum atomic E-state index is 11.9. The number of carbonyl (C=O) groups is 1. The number of primary sulfonamides is 1. The standard InChI is InChI=1S/C14H10N4O7S2/c15-27(22,23)12-5-9(7-26-12)14(19)24-6-11-16-17-13(25-11)8-1-3-10(4-2-8)18(20)21/h1-5,7H,6H2,(H2,15,22,23). The number of esters is 1. The second kappa shape index (κ2) is 7.22. The third-order valence-electron chi connectivity index (χ3n) is 3.21. The Balaban J connectivity index is 1.65. The van der Waals surface area contributed by atoms with Gasteiger partial charge in [-0.3, -0.25) is 10.1 Å². The summed E-state index contributed by atoms with van der Waals surface area (Å²) in [5, 5.41) is 24.4. The van der Waals surface area contributed by atoms with Crippen LogP contribution < -0.4 is 5.14 Å². The molecule has 2 aromatic heterocycles. The largest absolute Gasteiger partial charge is 0.452 e. The summed E-state index contributed by atoms with van der Waals surface area (Å²) in [7, 11) is -3.89. The minimum Gasteiger partial charge on any atom is -0.452 e. The average Bonchev–Trinajstić information content (AvgIpc) is 3.29. The van der Waals surface area contributed by atoms with Crippen molar-refractivity contribution in [1.29, 1.82) is 0 Å². The van der Waals surface area contributed by atoms with Gasteiger partial charge in [0.05, 0.1) is 10.5 Å². The van der Waals surface area contributed by atoms with Crippen molar-refractivity contribution < 1.29 is 27.3 Å². The molecule has 0 atom stereocenters. The number of non-ortho nitro benzene ring substituents is 1. The number of nitro groups is 1. The van der Waals surface area contributed by atoms with Crippen molar-refractivity contribution in [2.24, 2.45) is 5.14 Å². The van der Waals surface area contributed by atoms with Crippen LogP contribution in [0.4, 0.5) is 5.69 Å². The molecule has 140 valence electrons. The van der Waals surface area contributed by atoms with Crippen LogP contribution in [0.3, 0.4) is 0 Å². The van der Waals surface area contributed by atoms with Crippen molar-refractivity contribution >= 4 is 33.0 Å². The molecular formula is C14H10N4O7S2. The number of thiophene rings is 1. The summed E-state index contributed by atoms with van der Waals surface area (Å²) in [6.07, 6.45) is 0. The van der Waals surface area contributed by atoms with E-state index in [1.165, 1.54) is 29.6 Å². The number of nitrogens with two attached hydrogens (primary N) is 1. The van der Waals surface area contributed by atoms with E-state index in [4.69, 9.17) is 14.3 Å². The molecule has 0 saturated carbocycles. The third kappa shape index (κ3) is 4.33. The lowest BCUT2D eigenvalue weighted by molar-refractivity contribution is -0.384. The van der Waals surface area contributed by atoms with Crippen LogP contribution >= 0.6 is 11.3 Å². The molecule has 0 aliphatic heterocycles. The second-order valence-corrected chi connectivity index (χ2v) is 7.78. The fraction of sp³-hybridized carbons (Fsp3) is 0.0714. The zero-order chi connectivity index (χ0) is 19.6. The van der Waals surface area contributed by atoms with Crippen LogP contribution in [0.25, 0.3) is 11.5 Å². The number of hydrogen-bond donors (Lipinski definition) is 1. The van der Waals surface area contributed by atoms with E-state index in [0.29, 0.717) is 5.56 Å². The highest BCUT2D eigenvalue weighted by molar-refractivity contribution is 7.91. The van der Waals surface area contributed by atoms with E-state index in [0.717, 1.165) is 17.4 Å². The number of carbonyl (C=O) groups excluding carboxylic acids is 1. The molecule has 1 aromatic carbocycles. The van der Waals surface area contributed by atoms with Crippen LogP contribution in [0.15, 0.2) is 44.3 Å². The van der Waals surface area contributed by atoms with E-state index in [1.54, 1.807) is 0 Å². The molecule has 2 N–H and O–H groups in total. The Hall–Kier alpha value is -3.16. The van der Waals surface area contributed by atoms with E-state index < -0.39 is 20.9 Å². The number of rotatable bonds is 6. The number of nitro benzene ring substituents is 1. The zero-order valence-corrected chi connectivity index (χ0v) is 14.9. The Morgan fingerprint density at radius 1 is 1.30 bits per heavy atom. The summed E-state index contributed by atoms with van der Waals surface area (Å²) in [6.45, 7) is -0.334. The molecule has 0 aliphatic rings. The van der Waals surface area contributed by atoms with Gasteiger partial charge in [0.1, 0.15) is 4.21 Å². The molecule has 0 unspecified atom stereocenters. The van der Waals surface area contributed by atoms with Crippen molar-refractivity contribution in [2.45, 2.75) is 10.8 Å². The number of nitrogens with zero attached hydrogens (tertiary/aromatic N) is 3. The summed E-state index contributed by atoms with van der Waals surface area (Å²) in [5.74, 6) is -0.683. The first kappa shape index (κ1) is 18.6. The highest BCUT2D eigenvalue weighted by Crippen LogP contribution is 2.22. The van der Waals surface area contributed by atoms with Gasteiger partial charge in [0.25, 0.3) is 11.6 Å². The molecule has 0 saturated heterocycles. The lowest BCUT2D eigenvalue weighted by Crippen LogP contribution is -2.10. The SMILES string of the molecule is NS(=O)(=O)c1cc(C(=O)OCc2nnc(-c3ccc([N+](=O)[O-])cc3)o2)cs1. The molecular weight excluding hydrogens is 400 g/mol. The average molecular weight is 410 g/mol. The van der Waals surface area contributed by atoms with Crippen LogP contribution in [0.1, 0.15) is 16.2 Å². The number of sulfonamides is 1. The van der Waals surface area contributed by atoms with E-state index in [9.17, 15) is 23.3 Å². The van der Waals surface area contributed by atoms with Gasteiger partial charge in [-0.2, -0.15) is 0 Å². The van der Waals surface area contributed by atoms with Gasteiger partial charge < -0.3 is 9.15 Å². The summed E-state index contributed by atoms with van der Waals surface area (Å²) >= 11 is 0.798. The molecule has 27 heavy (non-hydrogen) atoms. The molecule has 0 fully saturated rings. The minimum absolute atomic E-state index is 0.00129. The fourth-order valence-electron chi connectivity index (χ4n) is 1.94. The van der Waals surface area contributed by atoms with Gasteiger partial charge in [-0.25, -0.2) is 18.4 Å². The van der Waals surface area contributed by atoms with Crippen molar-refractivity contribution in [1.82, 2.24) is 10.2 Å². The van der Waals surface area contributed by atoms with Gasteiger partial charge in [0.2, 0.25) is 15.9 Å². The summed E-state index contributed by atoms with van der Waals surface area (Å²) < 4.78 is 32.6. The van der Waals surface area contributed by atoms with Crippen molar-refractivity contribution in [2.75, 3.05) is 0 Å². The van der Waals surface area contributed by atoms with Gasteiger partial charge in [0.15, 0.2) is 6.61 Å². The van der Waals surface area contributed by atoms with E-state index in [2.05, 4.69) is 10.2 Å². The van der Waals surface area contributed by atoms with Crippen molar-refractivity contribution in [3.05, 3.63) is 57.3 Å². The first-order chi connectivity index (χ1) is 12.7. The Kier molecular flexibility index (Phi) is 4.98. The molecule has 2 heterocycles.